The Morgan fingerprint density at radius 2 is 1.65 bits per heavy atom. The van der Waals surface area contributed by atoms with Crippen LogP contribution in [0.15, 0.2) is 53.6 Å². The van der Waals surface area contributed by atoms with E-state index >= 15 is 0 Å². The van der Waals surface area contributed by atoms with Crippen molar-refractivity contribution in [2.24, 2.45) is 5.10 Å². The fourth-order valence-corrected chi connectivity index (χ4v) is 3.50. The highest BCUT2D eigenvalue weighted by atomic mass is 32.1. The third-order valence-corrected chi connectivity index (χ3v) is 5.06. The minimum Gasteiger partial charge on any atom is -0.331 e. The van der Waals surface area contributed by atoms with Gasteiger partial charge in [-0.3, -0.25) is 5.43 Å². The SMILES string of the molecule is Cc1cccc(C)c1NC(=S)NN=C1CC[NH+](Cc2ccccc2)CC1. The summed E-state index contributed by atoms with van der Waals surface area (Å²) in [5.41, 5.74) is 9.05. The molecule has 3 rings (SSSR count). The molecule has 3 N–H and O–H groups in total. The predicted molar refractivity (Wildman–Crippen MR) is 113 cm³/mol. The lowest BCUT2D eigenvalue weighted by atomic mass is 10.1. The highest BCUT2D eigenvalue weighted by molar-refractivity contribution is 7.80. The van der Waals surface area contributed by atoms with E-state index in [0.717, 1.165) is 38.2 Å². The number of nitrogens with one attached hydrogen (secondary N) is 3. The summed E-state index contributed by atoms with van der Waals surface area (Å²) in [5.74, 6) is 0. The van der Waals surface area contributed by atoms with Gasteiger partial charge in [0.05, 0.1) is 13.1 Å². The smallest absolute Gasteiger partial charge is 0.191 e. The molecule has 136 valence electrons. The van der Waals surface area contributed by atoms with Crippen molar-refractivity contribution in [1.29, 1.82) is 0 Å². The first kappa shape index (κ1) is 18.5. The van der Waals surface area contributed by atoms with Crippen molar-refractivity contribution in [1.82, 2.24) is 5.43 Å². The van der Waals surface area contributed by atoms with Crippen molar-refractivity contribution in [3.8, 4) is 0 Å². The maximum atomic E-state index is 5.40. The van der Waals surface area contributed by atoms with E-state index in [9.17, 15) is 0 Å². The monoisotopic (exact) mass is 367 g/mol. The zero-order valence-electron chi connectivity index (χ0n) is 15.5. The molecule has 0 aromatic heterocycles. The number of hydrogen-bond donors (Lipinski definition) is 3. The Balaban J connectivity index is 1.47. The van der Waals surface area contributed by atoms with E-state index in [4.69, 9.17) is 12.2 Å². The summed E-state index contributed by atoms with van der Waals surface area (Å²) >= 11 is 5.40. The number of likely N-dealkylation sites (tertiary alicyclic amines) is 1. The van der Waals surface area contributed by atoms with Crippen molar-refractivity contribution in [3.63, 3.8) is 0 Å². The molecule has 0 amide bonds. The van der Waals surface area contributed by atoms with Crippen LogP contribution in [0.3, 0.4) is 0 Å². The number of rotatable bonds is 4. The van der Waals surface area contributed by atoms with Gasteiger partial charge in [0.15, 0.2) is 5.11 Å². The lowest BCUT2D eigenvalue weighted by molar-refractivity contribution is -0.914. The fraction of sp³-hybridized carbons (Fsp3) is 0.333. The van der Waals surface area contributed by atoms with Crippen LogP contribution < -0.4 is 15.6 Å². The van der Waals surface area contributed by atoms with Crippen LogP contribution in [-0.4, -0.2) is 23.9 Å². The maximum absolute atomic E-state index is 5.40. The van der Waals surface area contributed by atoms with Crippen molar-refractivity contribution < 1.29 is 4.90 Å². The zero-order chi connectivity index (χ0) is 18.4. The highest BCUT2D eigenvalue weighted by Gasteiger charge is 2.18. The third-order valence-electron chi connectivity index (χ3n) is 4.87. The van der Waals surface area contributed by atoms with Crippen LogP contribution in [0, 0.1) is 13.8 Å². The van der Waals surface area contributed by atoms with Crippen LogP contribution in [0.5, 0.6) is 0 Å². The second-order valence-corrected chi connectivity index (χ2v) is 7.33. The lowest BCUT2D eigenvalue weighted by Gasteiger charge is -2.24. The number of hydrazone groups is 1. The second-order valence-electron chi connectivity index (χ2n) is 6.92. The number of benzene rings is 2. The number of para-hydroxylation sites is 1. The molecular weight excluding hydrogens is 340 g/mol. The van der Waals surface area contributed by atoms with Gasteiger partial charge in [-0.2, -0.15) is 5.10 Å². The lowest BCUT2D eigenvalue weighted by Crippen LogP contribution is -3.11. The molecule has 0 bridgehead atoms. The summed E-state index contributed by atoms with van der Waals surface area (Å²) in [4.78, 5) is 1.62. The van der Waals surface area contributed by atoms with Gasteiger partial charge in [0.1, 0.15) is 6.54 Å². The fourth-order valence-electron chi connectivity index (χ4n) is 3.35. The standard InChI is InChI=1S/C21H26N4S/c1-16-7-6-8-17(2)20(16)22-21(26)24-23-19-11-13-25(14-12-19)15-18-9-4-3-5-10-18/h3-10H,11-15H2,1-2H3,(H2,22,24,26)/p+1. The third kappa shape index (κ3) is 5.13. The molecule has 0 saturated carbocycles. The molecule has 1 fully saturated rings. The highest BCUT2D eigenvalue weighted by Crippen LogP contribution is 2.19. The molecule has 0 spiro atoms. The van der Waals surface area contributed by atoms with Crippen LogP contribution >= 0.6 is 12.2 Å². The molecule has 0 radical (unpaired) electrons. The number of quaternary nitrogens is 1. The summed E-state index contributed by atoms with van der Waals surface area (Å²) in [7, 11) is 0. The normalized spacial score (nSPS) is 16.8. The van der Waals surface area contributed by atoms with E-state index in [0.29, 0.717) is 5.11 Å². The first-order valence-corrected chi connectivity index (χ1v) is 9.59. The van der Waals surface area contributed by atoms with E-state index in [1.165, 1.54) is 22.4 Å². The molecule has 26 heavy (non-hydrogen) atoms. The number of anilines is 1. The van der Waals surface area contributed by atoms with Gasteiger partial charge in [-0.15, -0.1) is 0 Å². The summed E-state index contributed by atoms with van der Waals surface area (Å²) in [6, 6.07) is 16.9. The molecule has 1 heterocycles. The molecule has 1 aliphatic rings. The number of piperidine rings is 1. The molecule has 2 aromatic rings. The Kier molecular flexibility index (Phi) is 6.36. The first-order chi connectivity index (χ1) is 12.6. The van der Waals surface area contributed by atoms with E-state index in [-0.39, 0.29) is 0 Å². The molecule has 4 nitrogen and oxygen atoms in total. The Morgan fingerprint density at radius 3 is 2.31 bits per heavy atom. The Morgan fingerprint density at radius 1 is 1.00 bits per heavy atom. The van der Waals surface area contributed by atoms with Gasteiger partial charge < -0.3 is 10.2 Å². The molecule has 0 aliphatic carbocycles. The van der Waals surface area contributed by atoms with Crippen molar-refractivity contribution in [2.75, 3.05) is 18.4 Å². The Hall–Kier alpha value is -2.24. The topological polar surface area (TPSA) is 40.9 Å². The minimum atomic E-state index is 0.550. The first-order valence-electron chi connectivity index (χ1n) is 9.18. The van der Waals surface area contributed by atoms with Crippen LogP contribution in [0.25, 0.3) is 0 Å². The molecule has 1 aliphatic heterocycles. The van der Waals surface area contributed by atoms with Crippen LogP contribution in [0.4, 0.5) is 5.69 Å². The van der Waals surface area contributed by atoms with E-state index in [1.54, 1.807) is 4.90 Å². The number of thiocarbonyl (C=S) groups is 1. The molecule has 5 heteroatoms. The number of hydrogen-bond acceptors (Lipinski definition) is 2. The van der Waals surface area contributed by atoms with Gasteiger partial charge in [-0.25, -0.2) is 0 Å². The van der Waals surface area contributed by atoms with Gasteiger partial charge in [-0.1, -0.05) is 48.5 Å². The second kappa shape index (κ2) is 8.92. The Bertz CT molecular complexity index is 756. The van der Waals surface area contributed by atoms with Gasteiger partial charge in [0, 0.05) is 29.8 Å². The average Bonchev–Trinajstić information content (AvgIpc) is 2.65. The summed E-state index contributed by atoms with van der Waals surface area (Å²) in [6.07, 6.45) is 2.03. The summed E-state index contributed by atoms with van der Waals surface area (Å²) in [6.45, 7) is 7.48. The van der Waals surface area contributed by atoms with Crippen LogP contribution in [0.1, 0.15) is 29.5 Å². The zero-order valence-corrected chi connectivity index (χ0v) is 16.3. The molecule has 2 aromatic carbocycles. The van der Waals surface area contributed by atoms with Crippen LogP contribution in [0.2, 0.25) is 0 Å². The number of aryl methyl sites for hydroxylation is 2. The molecule has 0 unspecified atom stereocenters. The van der Waals surface area contributed by atoms with Crippen molar-refractivity contribution in [2.45, 2.75) is 33.2 Å². The molecule has 0 atom stereocenters. The van der Waals surface area contributed by atoms with Crippen LogP contribution in [-0.2, 0) is 6.54 Å². The van der Waals surface area contributed by atoms with Gasteiger partial charge >= 0.3 is 0 Å². The van der Waals surface area contributed by atoms with Crippen molar-refractivity contribution >= 4 is 28.7 Å². The molecule has 1 saturated heterocycles. The largest absolute Gasteiger partial charge is 0.331 e. The average molecular weight is 368 g/mol. The van der Waals surface area contributed by atoms with Crippen molar-refractivity contribution in [3.05, 3.63) is 65.2 Å². The predicted octanol–water partition coefficient (Wildman–Crippen LogP) is 2.82. The van der Waals surface area contributed by atoms with E-state index in [1.807, 2.05) is 0 Å². The molecular formula is C21H27N4S+. The number of nitrogens with zero attached hydrogens (tertiary/aromatic N) is 1. The minimum absolute atomic E-state index is 0.550. The summed E-state index contributed by atoms with van der Waals surface area (Å²) in [5, 5.41) is 8.35. The van der Waals surface area contributed by atoms with Gasteiger partial charge in [0.25, 0.3) is 0 Å². The summed E-state index contributed by atoms with van der Waals surface area (Å²) < 4.78 is 0. The van der Waals surface area contributed by atoms with Gasteiger partial charge in [0.2, 0.25) is 0 Å². The Labute approximate surface area is 161 Å². The quantitative estimate of drug-likeness (QED) is 0.575. The maximum Gasteiger partial charge on any atom is 0.191 e. The van der Waals surface area contributed by atoms with E-state index in [2.05, 4.69) is 78.2 Å². The van der Waals surface area contributed by atoms with E-state index < -0.39 is 0 Å². The van der Waals surface area contributed by atoms with Gasteiger partial charge in [-0.05, 0) is 37.2 Å².